The molecule has 2 amide bonds. The summed E-state index contributed by atoms with van der Waals surface area (Å²) in [7, 11) is 0. The molecule has 0 bridgehead atoms. The number of hydrogen-bond acceptors (Lipinski definition) is 6. The van der Waals surface area contributed by atoms with E-state index in [1.165, 1.54) is 11.5 Å². The topological polar surface area (TPSA) is 127 Å². The van der Waals surface area contributed by atoms with Crippen LogP contribution >= 0.6 is 0 Å². The quantitative estimate of drug-likeness (QED) is 0.591. The van der Waals surface area contributed by atoms with Crippen LogP contribution in [0.15, 0.2) is 29.2 Å². The maximum absolute atomic E-state index is 13.7. The second-order valence-corrected chi connectivity index (χ2v) is 6.92. The molecule has 1 aliphatic heterocycles. The summed E-state index contributed by atoms with van der Waals surface area (Å²) in [6.07, 6.45) is 0.390. The number of pyridine rings is 1. The lowest BCUT2D eigenvalue weighted by Crippen LogP contribution is -2.47. The number of carbonyl (C=O) groups excluding carboxylic acids is 3. The fourth-order valence-corrected chi connectivity index (χ4v) is 3.01. The molecule has 3 N–H and O–H groups in total. The zero-order valence-corrected chi connectivity index (χ0v) is 16.4. The van der Waals surface area contributed by atoms with E-state index in [0.29, 0.717) is 6.07 Å². The Labute approximate surface area is 174 Å². The molecule has 0 saturated carbocycles. The van der Waals surface area contributed by atoms with E-state index in [4.69, 9.17) is 4.74 Å². The SMILES string of the molecule is CC(=O)CCOC1Cn2cc(C(=O)NCc3ccc(F)cc3F)c(=O)c(O)c2C(=O)N1. The molecule has 3 rings (SSSR count). The van der Waals surface area contributed by atoms with Crippen molar-refractivity contribution in [1.29, 1.82) is 0 Å². The highest BCUT2D eigenvalue weighted by Gasteiger charge is 2.30. The van der Waals surface area contributed by atoms with E-state index in [9.17, 15) is 33.1 Å². The Hall–Kier alpha value is -3.60. The lowest BCUT2D eigenvalue weighted by molar-refractivity contribution is -0.118. The molecule has 0 spiro atoms. The predicted octanol–water partition coefficient (Wildman–Crippen LogP) is 0.827. The lowest BCUT2D eigenvalue weighted by atomic mass is 10.1. The van der Waals surface area contributed by atoms with Crippen LogP contribution in [0.4, 0.5) is 8.78 Å². The maximum atomic E-state index is 13.7. The summed E-state index contributed by atoms with van der Waals surface area (Å²) >= 11 is 0. The highest BCUT2D eigenvalue weighted by Crippen LogP contribution is 2.19. The van der Waals surface area contributed by atoms with Crippen molar-refractivity contribution in [1.82, 2.24) is 15.2 Å². The number of hydrogen-bond donors (Lipinski definition) is 3. The van der Waals surface area contributed by atoms with Gasteiger partial charge in [-0.05, 0) is 13.0 Å². The molecular formula is C20H19F2N3O6. The van der Waals surface area contributed by atoms with Crippen molar-refractivity contribution in [2.45, 2.75) is 32.7 Å². The Balaban J connectivity index is 1.80. The Bertz CT molecular complexity index is 1110. The summed E-state index contributed by atoms with van der Waals surface area (Å²) in [6.45, 7) is 1.09. The first-order valence-corrected chi connectivity index (χ1v) is 9.27. The van der Waals surface area contributed by atoms with Gasteiger partial charge >= 0.3 is 0 Å². The van der Waals surface area contributed by atoms with E-state index in [2.05, 4.69) is 10.6 Å². The van der Waals surface area contributed by atoms with E-state index < -0.39 is 46.4 Å². The summed E-state index contributed by atoms with van der Waals surface area (Å²) in [6, 6.07) is 2.83. The van der Waals surface area contributed by atoms with Crippen molar-refractivity contribution in [3.63, 3.8) is 0 Å². The minimum absolute atomic E-state index is 0.00431. The van der Waals surface area contributed by atoms with Crippen molar-refractivity contribution >= 4 is 17.6 Å². The minimum atomic E-state index is -1.07. The first-order valence-electron chi connectivity index (χ1n) is 9.27. The van der Waals surface area contributed by atoms with Gasteiger partial charge in [-0.25, -0.2) is 8.78 Å². The first kappa shape index (κ1) is 22.1. The summed E-state index contributed by atoms with van der Waals surface area (Å²) in [5, 5.41) is 15.0. The number of Topliss-reactive ketones (excluding diaryl/α,β-unsaturated/α-hetero) is 1. The number of ketones is 1. The molecule has 1 unspecified atom stereocenters. The van der Waals surface area contributed by atoms with E-state index in [1.54, 1.807) is 0 Å². The minimum Gasteiger partial charge on any atom is -0.503 e. The summed E-state index contributed by atoms with van der Waals surface area (Å²) in [4.78, 5) is 48.1. The molecule has 9 nitrogen and oxygen atoms in total. The van der Waals surface area contributed by atoms with E-state index in [0.717, 1.165) is 18.3 Å². The maximum Gasteiger partial charge on any atom is 0.273 e. The first-order chi connectivity index (χ1) is 14.7. The smallest absolute Gasteiger partial charge is 0.273 e. The average Bonchev–Trinajstić information content (AvgIpc) is 2.69. The van der Waals surface area contributed by atoms with Crippen LogP contribution in [0.3, 0.4) is 0 Å². The van der Waals surface area contributed by atoms with E-state index >= 15 is 0 Å². The Kier molecular flexibility index (Phi) is 6.44. The Morgan fingerprint density at radius 3 is 2.74 bits per heavy atom. The van der Waals surface area contributed by atoms with Gasteiger partial charge in [0.25, 0.3) is 11.8 Å². The molecule has 0 radical (unpaired) electrons. The molecule has 0 saturated heterocycles. The summed E-state index contributed by atoms with van der Waals surface area (Å²) in [5.41, 5.74) is -1.89. The number of halogens is 2. The van der Waals surface area contributed by atoms with Gasteiger partial charge in [0, 0.05) is 30.8 Å². The van der Waals surface area contributed by atoms with Gasteiger partial charge in [-0.1, -0.05) is 6.07 Å². The van der Waals surface area contributed by atoms with Gasteiger partial charge in [0.2, 0.25) is 5.43 Å². The van der Waals surface area contributed by atoms with Crippen LogP contribution in [-0.2, 0) is 22.6 Å². The number of ether oxygens (including phenoxy) is 1. The molecular weight excluding hydrogens is 416 g/mol. The van der Waals surface area contributed by atoms with Crippen LogP contribution in [0.1, 0.15) is 39.8 Å². The molecule has 0 aliphatic carbocycles. The van der Waals surface area contributed by atoms with Gasteiger partial charge in [0.1, 0.15) is 29.2 Å². The van der Waals surface area contributed by atoms with Crippen LogP contribution in [0, 0.1) is 11.6 Å². The van der Waals surface area contributed by atoms with Crippen molar-refractivity contribution in [3.05, 3.63) is 63.1 Å². The summed E-state index contributed by atoms with van der Waals surface area (Å²) in [5.74, 6) is -4.36. The van der Waals surface area contributed by atoms with Crippen molar-refractivity contribution < 1.29 is 33.0 Å². The predicted molar refractivity (Wildman–Crippen MR) is 102 cm³/mol. The van der Waals surface area contributed by atoms with Crippen molar-refractivity contribution in [2.75, 3.05) is 6.61 Å². The van der Waals surface area contributed by atoms with Gasteiger partial charge in [0.15, 0.2) is 11.4 Å². The summed E-state index contributed by atoms with van der Waals surface area (Å²) < 4.78 is 33.3. The normalized spacial score (nSPS) is 15.2. The Morgan fingerprint density at radius 1 is 1.32 bits per heavy atom. The van der Waals surface area contributed by atoms with Gasteiger partial charge in [-0.15, -0.1) is 0 Å². The van der Waals surface area contributed by atoms with E-state index in [-0.39, 0.29) is 43.2 Å². The van der Waals surface area contributed by atoms with Crippen LogP contribution in [-0.4, -0.2) is 40.1 Å². The highest BCUT2D eigenvalue weighted by molar-refractivity contribution is 5.99. The van der Waals surface area contributed by atoms with E-state index in [1.807, 2.05) is 0 Å². The number of nitrogens with one attached hydrogen (secondary N) is 2. The van der Waals surface area contributed by atoms with Crippen molar-refractivity contribution in [2.24, 2.45) is 0 Å². The van der Waals surface area contributed by atoms with Crippen LogP contribution in [0.5, 0.6) is 5.75 Å². The van der Waals surface area contributed by atoms with Gasteiger partial charge in [-0.3, -0.25) is 19.2 Å². The third-order valence-corrected chi connectivity index (χ3v) is 4.60. The Morgan fingerprint density at radius 2 is 2.06 bits per heavy atom. The second kappa shape index (κ2) is 9.04. The molecule has 2 aromatic rings. The van der Waals surface area contributed by atoms with Gasteiger partial charge in [-0.2, -0.15) is 0 Å². The molecule has 31 heavy (non-hydrogen) atoms. The van der Waals surface area contributed by atoms with Crippen LogP contribution < -0.4 is 16.1 Å². The zero-order valence-electron chi connectivity index (χ0n) is 16.4. The third kappa shape index (κ3) is 4.94. The molecule has 164 valence electrons. The monoisotopic (exact) mass is 435 g/mol. The molecule has 1 atom stereocenters. The number of aromatic nitrogens is 1. The number of nitrogens with zero attached hydrogens (tertiary/aromatic N) is 1. The van der Waals surface area contributed by atoms with Gasteiger partial charge in [0.05, 0.1) is 13.2 Å². The fraction of sp³-hybridized carbons (Fsp3) is 0.300. The molecule has 1 aromatic carbocycles. The molecule has 11 heteroatoms. The number of carbonyl (C=O) groups is 3. The van der Waals surface area contributed by atoms with Crippen molar-refractivity contribution in [3.8, 4) is 5.75 Å². The highest BCUT2D eigenvalue weighted by atomic mass is 19.1. The number of fused-ring (bicyclic) bond motifs is 1. The number of rotatable bonds is 7. The van der Waals surface area contributed by atoms with Crippen LogP contribution in [0.2, 0.25) is 0 Å². The number of benzene rings is 1. The standard InChI is InChI=1S/C20H19F2N3O6/c1-10(26)4-5-31-15-9-25-8-13(17(27)18(28)16(25)20(30)24-15)19(29)23-7-11-2-3-12(21)6-14(11)22/h2-3,6,8,15,28H,4-5,7,9H2,1H3,(H,23,29)(H,24,30). The number of amides is 2. The molecule has 1 aliphatic rings. The molecule has 1 aromatic heterocycles. The average molecular weight is 435 g/mol. The second-order valence-electron chi connectivity index (χ2n) is 6.92. The van der Waals surface area contributed by atoms with Crippen LogP contribution in [0.25, 0.3) is 0 Å². The zero-order chi connectivity index (χ0) is 22.7. The van der Waals surface area contributed by atoms with Gasteiger partial charge < -0.3 is 25.0 Å². The number of aromatic hydroxyl groups is 1. The molecule has 0 fully saturated rings. The fourth-order valence-electron chi connectivity index (χ4n) is 3.01. The third-order valence-electron chi connectivity index (χ3n) is 4.60. The largest absolute Gasteiger partial charge is 0.503 e. The molecule has 2 heterocycles. The lowest BCUT2D eigenvalue weighted by Gasteiger charge is -2.28.